The molecule has 3 rings (SSSR count). The van der Waals surface area contributed by atoms with Crippen LogP contribution in [0.5, 0.6) is 0 Å². The molecule has 2 aromatic heterocycles. The van der Waals surface area contributed by atoms with E-state index < -0.39 is 0 Å². The molecule has 0 atom stereocenters. The van der Waals surface area contributed by atoms with E-state index in [4.69, 9.17) is 0 Å². The van der Waals surface area contributed by atoms with Crippen LogP contribution in [0.25, 0.3) is 11.4 Å². The molecule has 0 unspecified atom stereocenters. The van der Waals surface area contributed by atoms with Gasteiger partial charge < -0.3 is 4.90 Å². The minimum Gasteiger partial charge on any atom is -0.307 e. The number of thiophene rings is 1. The molecule has 22 heavy (non-hydrogen) atoms. The average molecular weight is 313 g/mol. The fourth-order valence-electron chi connectivity index (χ4n) is 2.18. The number of tetrazole rings is 1. The Morgan fingerprint density at radius 2 is 2.23 bits per heavy atom. The van der Waals surface area contributed by atoms with Crippen molar-refractivity contribution in [3.63, 3.8) is 0 Å². The van der Waals surface area contributed by atoms with Crippen LogP contribution in [-0.4, -0.2) is 26.5 Å². The SMILES string of the molecule is CCC(=O)N(Cc1cccs1)c1cccc(-c2nnn[nH]2)c1. The first kappa shape index (κ1) is 14.4. The van der Waals surface area contributed by atoms with Crippen molar-refractivity contribution in [3.8, 4) is 11.4 Å². The van der Waals surface area contributed by atoms with Gasteiger partial charge in [-0.25, -0.2) is 5.10 Å². The quantitative estimate of drug-likeness (QED) is 0.786. The standard InChI is InChI=1S/C15H15N5OS/c1-2-14(21)20(10-13-7-4-8-22-13)12-6-3-5-11(9-12)15-16-18-19-17-15/h3-9H,2,10H2,1H3,(H,16,17,18,19). The van der Waals surface area contributed by atoms with Gasteiger partial charge in [-0.1, -0.05) is 25.1 Å². The zero-order valence-electron chi connectivity index (χ0n) is 12.1. The number of nitrogens with zero attached hydrogens (tertiary/aromatic N) is 4. The molecule has 2 heterocycles. The lowest BCUT2D eigenvalue weighted by atomic mass is 10.1. The fraction of sp³-hybridized carbons (Fsp3) is 0.200. The number of carbonyl (C=O) groups excluding carboxylic acids is 1. The molecule has 112 valence electrons. The monoisotopic (exact) mass is 313 g/mol. The Morgan fingerprint density at radius 3 is 2.91 bits per heavy atom. The van der Waals surface area contributed by atoms with Crippen molar-refractivity contribution in [3.05, 3.63) is 46.7 Å². The molecule has 0 fully saturated rings. The van der Waals surface area contributed by atoms with Gasteiger partial charge in [0.25, 0.3) is 0 Å². The van der Waals surface area contributed by atoms with Gasteiger partial charge in [-0.15, -0.1) is 16.4 Å². The van der Waals surface area contributed by atoms with Crippen LogP contribution in [0.15, 0.2) is 41.8 Å². The average Bonchev–Trinajstić information content (AvgIpc) is 3.25. The molecule has 1 aromatic carbocycles. The molecular weight excluding hydrogens is 298 g/mol. The Balaban J connectivity index is 1.93. The smallest absolute Gasteiger partial charge is 0.227 e. The third-order valence-electron chi connectivity index (χ3n) is 3.27. The first-order valence-corrected chi connectivity index (χ1v) is 7.83. The number of rotatable bonds is 5. The lowest BCUT2D eigenvalue weighted by molar-refractivity contribution is -0.118. The highest BCUT2D eigenvalue weighted by molar-refractivity contribution is 7.09. The molecule has 0 saturated heterocycles. The number of H-pyrrole nitrogens is 1. The summed E-state index contributed by atoms with van der Waals surface area (Å²) >= 11 is 1.64. The number of carbonyl (C=O) groups is 1. The summed E-state index contributed by atoms with van der Waals surface area (Å²) in [4.78, 5) is 15.3. The maximum absolute atomic E-state index is 12.3. The van der Waals surface area contributed by atoms with Crippen LogP contribution in [0.2, 0.25) is 0 Å². The zero-order chi connectivity index (χ0) is 15.4. The van der Waals surface area contributed by atoms with Gasteiger partial charge in [0.1, 0.15) is 0 Å². The van der Waals surface area contributed by atoms with Gasteiger partial charge in [0.05, 0.1) is 6.54 Å². The number of anilines is 1. The van der Waals surface area contributed by atoms with E-state index in [0.29, 0.717) is 18.8 Å². The summed E-state index contributed by atoms with van der Waals surface area (Å²) in [6.45, 7) is 2.44. The third-order valence-corrected chi connectivity index (χ3v) is 4.14. The van der Waals surface area contributed by atoms with Crippen LogP contribution in [0.4, 0.5) is 5.69 Å². The van der Waals surface area contributed by atoms with Crippen LogP contribution in [0, 0.1) is 0 Å². The highest BCUT2D eigenvalue weighted by Crippen LogP contribution is 2.25. The number of nitrogens with one attached hydrogen (secondary N) is 1. The Kier molecular flexibility index (Phi) is 4.24. The van der Waals surface area contributed by atoms with Crippen molar-refractivity contribution in [2.45, 2.75) is 19.9 Å². The molecule has 1 N–H and O–H groups in total. The molecule has 0 saturated carbocycles. The van der Waals surface area contributed by atoms with Gasteiger partial charge in [-0.05, 0) is 34.0 Å². The summed E-state index contributed by atoms with van der Waals surface area (Å²) < 4.78 is 0. The lowest BCUT2D eigenvalue weighted by Crippen LogP contribution is -2.29. The summed E-state index contributed by atoms with van der Waals surface area (Å²) in [5.41, 5.74) is 1.69. The van der Waals surface area contributed by atoms with E-state index in [9.17, 15) is 4.79 Å². The van der Waals surface area contributed by atoms with Gasteiger partial charge in [0.15, 0.2) is 5.82 Å². The number of benzene rings is 1. The van der Waals surface area contributed by atoms with Gasteiger partial charge >= 0.3 is 0 Å². The second-order valence-corrected chi connectivity index (χ2v) is 5.75. The molecule has 0 aliphatic carbocycles. The second-order valence-electron chi connectivity index (χ2n) is 4.71. The summed E-state index contributed by atoms with van der Waals surface area (Å²) in [7, 11) is 0. The summed E-state index contributed by atoms with van der Waals surface area (Å²) in [5.74, 6) is 0.670. The highest BCUT2D eigenvalue weighted by atomic mass is 32.1. The van der Waals surface area contributed by atoms with Crippen molar-refractivity contribution in [1.82, 2.24) is 20.6 Å². The van der Waals surface area contributed by atoms with Gasteiger partial charge in [0, 0.05) is 22.5 Å². The largest absolute Gasteiger partial charge is 0.307 e. The van der Waals surface area contributed by atoms with Crippen molar-refractivity contribution in [2.75, 3.05) is 4.90 Å². The van der Waals surface area contributed by atoms with Gasteiger partial charge in [0.2, 0.25) is 5.91 Å². The van der Waals surface area contributed by atoms with Crippen molar-refractivity contribution in [1.29, 1.82) is 0 Å². The van der Waals surface area contributed by atoms with Crippen LogP contribution in [0.3, 0.4) is 0 Å². The molecular formula is C15H15N5OS. The van der Waals surface area contributed by atoms with E-state index in [1.54, 1.807) is 16.2 Å². The first-order chi connectivity index (χ1) is 10.8. The Morgan fingerprint density at radius 1 is 1.32 bits per heavy atom. The number of hydrogen-bond acceptors (Lipinski definition) is 5. The summed E-state index contributed by atoms with van der Waals surface area (Å²) in [6, 6.07) is 11.7. The number of hydrogen-bond donors (Lipinski definition) is 1. The predicted octanol–water partition coefficient (Wildman–Crippen LogP) is 2.87. The number of aromatic amines is 1. The van der Waals surface area contributed by atoms with E-state index in [1.165, 1.54) is 0 Å². The maximum atomic E-state index is 12.3. The third kappa shape index (κ3) is 3.04. The second kappa shape index (κ2) is 6.48. The first-order valence-electron chi connectivity index (χ1n) is 6.95. The van der Waals surface area contributed by atoms with Gasteiger partial charge in [-0.3, -0.25) is 4.79 Å². The molecule has 0 radical (unpaired) electrons. The van der Waals surface area contributed by atoms with E-state index in [-0.39, 0.29) is 5.91 Å². The Labute approximate surface area is 131 Å². The van der Waals surface area contributed by atoms with Crippen LogP contribution < -0.4 is 4.90 Å². The predicted molar refractivity (Wildman–Crippen MR) is 85.4 cm³/mol. The molecule has 0 aliphatic rings. The van der Waals surface area contributed by atoms with Gasteiger partial charge in [-0.2, -0.15) is 0 Å². The Bertz CT molecular complexity index is 739. The topological polar surface area (TPSA) is 74.8 Å². The summed E-state index contributed by atoms with van der Waals surface area (Å²) in [5, 5.41) is 15.8. The molecule has 3 aromatic rings. The molecule has 0 bridgehead atoms. The molecule has 7 heteroatoms. The van der Waals surface area contributed by atoms with Crippen molar-refractivity contribution >= 4 is 22.9 Å². The highest BCUT2D eigenvalue weighted by Gasteiger charge is 2.16. The molecule has 0 aliphatic heterocycles. The minimum atomic E-state index is 0.0845. The number of aromatic nitrogens is 4. The Hall–Kier alpha value is -2.54. The van der Waals surface area contributed by atoms with Crippen LogP contribution in [0.1, 0.15) is 18.2 Å². The van der Waals surface area contributed by atoms with Crippen molar-refractivity contribution < 1.29 is 4.79 Å². The molecule has 1 amide bonds. The summed E-state index contributed by atoms with van der Waals surface area (Å²) in [6.07, 6.45) is 0.458. The normalized spacial score (nSPS) is 10.6. The minimum absolute atomic E-state index is 0.0845. The van der Waals surface area contributed by atoms with Crippen molar-refractivity contribution in [2.24, 2.45) is 0 Å². The lowest BCUT2D eigenvalue weighted by Gasteiger charge is -2.22. The zero-order valence-corrected chi connectivity index (χ0v) is 12.9. The molecule has 0 spiro atoms. The number of amides is 1. The van der Waals surface area contributed by atoms with Crippen LogP contribution in [-0.2, 0) is 11.3 Å². The maximum Gasteiger partial charge on any atom is 0.227 e. The van der Waals surface area contributed by atoms with Crippen LogP contribution >= 0.6 is 11.3 Å². The van der Waals surface area contributed by atoms with E-state index in [2.05, 4.69) is 20.6 Å². The van der Waals surface area contributed by atoms with E-state index >= 15 is 0 Å². The van der Waals surface area contributed by atoms with E-state index in [0.717, 1.165) is 16.1 Å². The molecule has 6 nitrogen and oxygen atoms in total. The van der Waals surface area contributed by atoms with E-state index in [1.807, 2.05) is 48.7 Å². The fourth-order valence-corrected chi connectivity index (χ4v) is 2.87.